The Labute approximate surface area is 139 Å². The highest BCUT2D eigenvalue weighted by atomic mass is 16.5. The molecule has 1 aromatic heterocycles. The third-order valence-corrected chi connectivity index (χ3v) is 4.55. The van der Waals surface area contributed by atoms with E-state index in [1.165, 1.54) is 11.1 Å². The predicted molar refractivity (Wildman–Crippen MR) is 94.9 cm³/mol. The molecule has 0 unspecified atom stereocenters. The number of benzene rings is 1. The molecule has 0 saturated carbocycles. The van der Waals surface area contributed by atoms with Crippen molar-refractivity contribution in [3.05, 3.63) is 48.2 Å². The van der Waals surface area contributed by atoms with Crippen LogP contribution < -0.4 is 4.74 Å². The first-order chi connectivity index (χ1) is 11.1. The zero-order valence-corrected chi connectivity index (χ0v) is 14.3. The normalized spacial score (nSPS) is 16.7. The van der Waals surface area contributed by atoms with E-state index < -0.39 is 0 Å². The fourth-order valence-electron chi connectivity index (χ4n) is 3.14. The third kappa shape index (κ3) is 3.91. The number of nitrogens with zero attached hydrogens (tertiary/aromatic N) is 2. The molecule has 3 rings (SSSR count). The van der Waals surface area contributed by atoms with Gasteiger partial charge in [-0.2, -0.15) is 0 Å². The average Bonchev–Trinajstić information content (AvgIpc) is 2.57. The van der Waals surface area contributed by atoms with Crippen LogP contribution in [-0.4, -0.2) is 36.1 Å². The topological polar surface area (TPSA) is 25.4 Å². The second-order valence-corrected chi connectivity index (χ2v) is 6.74. The largest absolute Gasteiger partial charge is 0.490 e. The summed E-state index contributed by atoms with van der Waals surface area (Å²) in [7, 11) is 2.18. The smallest absolute Gasteiger partial charge is 0.120 e. The quantitative estimate of drug-likeness (QED) is 0.839. The number of ether oxygens (including phenoxy) is 1. The number of aromatic nitrogens is 1. The van der Waals surface area contributed by atoms with Crippen LogP contribution in [0.25, 0.3) is 11.3 Å². The zero-order chi connectivity index (χ0) is 16.2. The lowest BCUT2D eigenvalue weighted by atomic mass is 9.94. The van der Waals surface area contributed by atoms with E-state index in [0.29, 0.717) is 12.0 Å². The highest BCUT2D eigenvalue weighted by Gasteiger charge is 2.19. The highest BCUT2D eigenvalue weighted by molar-refractivity contribution is 5.65. The van der Waals surface area contributed by atoms with Crippen molar-refractivity contribution < 1.29 is 4.74 Å². The van der Waals surface area contributed by atoms with Crippen molar-refractivity contribution >= 4 is 0 Å². The lowest BCUT2D eigenvalue weighted by Crippen LogP contribution is -2.35. The van der Waals surface area contributed by atoms with Gasteiger partial charge < -0.3 is 9.64 Å². The van der Waals surface area contributed by atoms with Gasteiger partial charge in [-0.15, -0.1) is 0 Å². The van der Waals surface area contributed by atoms with Gasteiger partial charge in [0.15, 0.2) is 0 Å². The van der Waals surface area contributed by atoms with Crippen LogP contribution in [-0.2, 0) is 0 Å². The Morgan fingerprint density at radius 2 is 1.91 bits per heavy atom. The molecule has 1 aliphatic rings. The molecule has 0 atom stereocenters. The van der Waals surface area contributed by atoms with Gasteiger partial charge >= 0.3 is 0 Å². The van der Waals surface area contributed by atoms with Crippen LogP contribution in [0.3, 0.4) is 0 Å². The molecule has 0 bridgehead atoms. The van der Waals surface area contributed by atoms with Crippen LogP contribution >= 0.6 is 0 Å². The summed E-state index contributed by atoms with van der Waals surface area (Å²) in [6, 6.07) is 12.5. The van der Waals surface area contributed by atoms with Gasteiger partial charge in [0, 0.05) is 24.8 Å². The summed E-state index contributed by atoms with van der Waals surface area (Å²) < 4.78 is 6.24. The van der Waals surface area contributed by atoms with E-state index in [1.807, 2.05) is 18.3 Å². The zero-order valence-electron chi connectivity index (χ0n) is 14.3. The monoisotopic (exact) mass is 310 g/mol. The summed E-state index contributed by atoms with van der Waals surface area (Å²) in [6.07, 6.45) is 4.40. The Balaban J connectivity index is 1.82. The van der Waals surface area contributed by atoms with Crippen LogP contribution in [0.4, 0.5) is 0 Å². The standard InChI is InChI=1S/C20H26N2O/c1-15(2)19-14-17(23-16-9-12-22(3)13-10-16)7-8-18(19)20-6-4-5-11-21-20/h4-8,11,14-16H,9-10,12-13H2,1-3H3. The Bertz CT molecular complexity index is 631. The molecular weight excluding hydrogens is 284 g/mol. The second kappa shape index (κ2) is 7.14. The summed E-state index contributed by atoms with van der Waals surface area (Å²) in [6.45, 7) is 6.68. The molecule has 1 aromatic carbocycles. The first-order valence-electron chi connectivity index (χ1n) is 8.54. The number of likely N-dealkylation sites (tertiary alicyclic amines) is 1. The maximum Gasteiger partial charge on any atom is 0.120 e. The van der Waals surface area contributed by atoms with Crippen molar-refractivity contribution in [3.63, 3.8) is 0 Å². The lowest BCUT2D eigenvalue weighted by Gasteiger charge is -2.29. The number of hydrogen-bond acceptors (Lipinski definition) is 3. The minimum Gasteiger partial charge on any atom is -0.490 e. The Morgan fingerprint density at radius 1 is 1.13 bits per heavy atom. The number of rotatable bonds is 4. The van der Waals surface area contributed by atoms with Gasteiger partial charge in [0.2, 0.25) is 0 Å². The molecule has 3 heteroatoms. The van der Waals surface area contributed by atoms with Crippen molar-refractivity contribution in [2.24, 2.45) is 0 Å². The fraction of sp³-hybridized carbons (Fsp3) is 0.450. The van der Waals surface area contributed by atoms with E-state index in [4.69, 9.17) is 4.74 Å². The van der Waals surface area contributed by atoms with Gasteiger partial charge in [0.1, 0.15) is 11.9 Å². The maximum absolute atomic E-state index is 6.24. The molecule has 2 heterocycles. The van der Waals surface area contributed by atoms with Gasteiger partial charge in [0.05, 0.1) is 5.69 Å². The summed E-state index contributed by atoms with van der Waals surface area (Å²) in [5.41, 5.74) is 3.53. The van der Waals surface area contributed by atoms with Crippen LogP contribution in [0.5, 0.6) is 5.75 Å². The van der Waals surface area contributed by atoms with Gasteiger partial charge in [-0.25, -0.2) is 0 Å². The Morgan fingerprint density at radius 3 is 2.57 bits per heavy atom. The van der Waals surface area contributed by atoms with Crippen LogP contribution in [0.2, 0.25) is 0 Å². The van der Waals surface area contributed by atoms with Crippen molar-refractivity contribution in [3.8, 4) is 17.0 Å². The summed E-state index contributed by atoms with van der Waals surface area (Å²) >= 11 is 0. The second-order valence-electron chi connectivity index (χ2n) is 6.74. The Kier molecular flexibility index (Phi) is 4.97. The first kappa shape index (κ1) is 16.0. The number of pyridine rings is 1. The minimum absolute atomic E-state index is 0.340. The third-order valence-electron chi connectivity index (χ3n) is 4.55. The average molecular weight is 310 g/mol. The molecule has 0 radical (unpaired) electrons. The van der Waals surface area contributed by atoms with E-state index in [-0.39, 0.29) is 0 Å². The van der Waals surface area contributed by atoms with Crippen molar-refractivity contribution in [2.45, 2.75) is 38.7 Å². The number of piperidine rings is 1. The lowest BCUT2D eigenvalue weighted by molar-refractivity contribution is 0.114. The molecule has 122 valence electrons. The van der Waals surface area contributed by atoms with Gasteiger partial charge in [0.25, 0.3) is 0 Å². The molecular formula is C20H26N2O. The fourth-order valence-corrected chi connectivity index (χ4v) is 3.14. The predicted octanol–water partition coefficient (Wildman–Crippen LogP) is 4.35. The van der Waals surface area contributed by atoms with E-state index in [2.05, 4.69) is 55.0 Å². The van der Waals surface area contributed by atoms with Crippen LogP contribution in [0.15, 0.2) is 42.6 Å². The summed E-state index contributed by atoms with van der Waals surface area (Å²) in [5.74, 6) is 1.43. The number of hydrogen-bond donors (Lipinski definition) is 0. The van der Waals surface area contributed by atoms with E-state index >= 15 is 0 Å². The SMILES string of the molecule is CC(C)c1cc(OC2CCN(C)CC2)ccc1-c1ccccn1. The molecule has 1 fully saturated rings. The maximum atomic E-state index is 6.24. The minimum atomic E-state index is 0.340. The molecule has 0 amide bonds. The molecule has 1 aliphatic heterocycles. The van der Waals surface area contributed by atoms with Gasteiger partial charge in [-0.3, -0.25) is 4.98 Å². The van der Waals surface area contributed by atoms with E-state index in [9.17, 15) is 0 Å². The summed E-state index contributed by atoms with van der Waals surface area (Å²) in [5, 5.41) is 0. The van der Waals surface area contributed by atoms with E-state index in [1.54, 1.807) is 0 Å². The van der Waals surface area contributed by atoms with Crippen molar-refractivity contribution in [1.82, 2.24) is 9.88 Å². The Hall–Kier alpha value is -1.87. The molecule has 0 N–H and O–H groups in total. The van der Waals surface area contributed by atoms with Crippen LogP contribution in [0.1, 0.15) is 38.2 Å². The molecule has 3 nitrogen and oxygen atoms in total. The van der Waals surface area contributed by atoms with Gasteiger partial charge in [-0.1, -0.05) is 19.9 Å². The molecule has 0 aliphatic carbocycles. The van der Waals surface area contributed by atoms with E-state index in [0.717, 1.165) is 37.4 Å². The van der Waals surface area contributed by atoms with Crippen molar-refractivity contribution in [2.75, 3.05) is 20.1 Å². The highest BCUT2D eigenvalue weighted by Crippen LogP contribution is 2.32. The first-order valence-corrected chi connectivity index (χ1v) is 8.54. The molecule has 2 aromatic rings. The molecule has 0 spiro atoms. The summed E-state index contributed by atoms with van der Waals surface area (Å²) in [4.78, 5) is 6.86. The van der Waals surface area contributed by atoms with Gasteiger partial charge in [-0.05, 0) is 61.7 Å². The van der Waals surface area contributed by atoms with Crippen LogP contribution in [0, 0.1) is 0 Å². The molecule has 1 saturated heterocycles. The molecule has 23 heavy (non-hydrogen) atoms. The van der Waals surface area contributed by atoms with Crippen molar-refractivity contribution in [1.29, 1.82) is 0 Å².